The molecule has 0 radical (unpaired) electrons. The molecule has 3 aromatic rings. The molecule has 2 aromatic carbocycles. The van der Waals surface area contributed by atoms with Crippen LogP contribution in [0.4, 0.5) is 0 Å². The normalized spacial score (nSPS) is 12.5. The molecule has 0 spiro atoms. The summed E-state index contributed by atoms with van der Waals surface area (Å²) in [5.41, 5.74) is 5.05. The van der Waals surface area contributed by atoms with Gasteiger partial charge in [-0.3, -0.25) is 28.6 Å². The van der Waals surface area contributed by atoms with E-state index in [1.165, 1.54) is 6.07 Å². The average Bonchev–Trinajstić information content (AvgIpc) is 3.62. The molecule has 0 bridgehead atoms. The van der Waals surface area contributed by atoms with Crippen molar-refractivity contribution in [1.82, 2.24) is 21.4 Å². The van der Waals surface area contributed by atoms with Crippen LogP contribution in [0.25, 0.3) is 11.3 Å². The maximum Gasteiger partial charge on any atom is 0.349 e. The molecule has 0 aliphatic carbocycles. The maximum atomic E-state index is 13.3. The topological polar surface area (TPSA) is 174 Å². The van der Waals surface area contributed by atoms with Gasteiger partial charge in [-0.05, 0) is 69.0 Å². The van der Waals surface area contributed by atoms with Crippen molar-refractivity contribution >= 4 is 31.2 Å². The Morgan fingerprint density at radius 1 is 0.804 bits per heavy atom. The van der Waals surface area contributed by atoms with Crippen molar-refractivity contribution in [1.29, 1.82) is 0 Å². The summed E-state index contributed by atoms with van der Waals surface area (Å²) in [7, 11) is -3.45. The first-order valence-electron chi connectivity index (χ1n) is 17.4. The minimum atomic E-state index is -3.45. The third-order valence-electron chi connectivity index (χ3n) is 8.15. The van der Waals surface area contributed by atoms with Gasteiger partial charge in [0.25, 0.3) is 11.8 Å². The number of benzene rings is 2. The molecule has 4 amide bonds. The number of rotatable bonds is 22. The molecule has 1 aromatic heterocycles. The van der Waals surface area contributed by atoms with Gasteiger partial charge >= 0.3 is 7.60 Å². The molecule has 0 aliphatic heterocycles. The molecule has 14 heteroatoms. The molecule has 1 heterocycles. The van der Waals surface area contributed by atoms with Crippen molar-refractivity contribution in [3.8, 4) is 11.3 Å². The van der Waals surface area contributed by atoms with Crippen LogP contribution >= 0.6 is 7.60 Å². The van der Waals surface area contributed by atoms with Crippen molar-refractivity contribution in [2.75, 3.05) is 26.2 Å². The third-order valence-corrected chi connectivity index (χ3v) is 10.0. The lowest BCUT2D eigenvalue weighted by Crippen LogP contribution is -2.45. The van der Waals surface area contributed by atoms with E-state index in [9.17, 15) is 23.7 Å². The molecule has 4 N–H and O–H groups in total. The zero-order valence-electron chi connectivity index (χ0n) is 30.1. The van der Waals surface area contributed by atoms with Crippen molar-refractivity contribution in [2.45, 2.75) is 73.3 Å². The van der Waals surface area contributed by atoms with E-state index >= 15 is 0 Å². The van der Waals surface area contributed by atoms with Gasteiger partial charge in [0.05, 0.1) is 32.4 Å². The van der Waals surface area contributed by atoms with Crippen molar-refractivity contribution in [3.63, 3.8) is 0 Å². The number of hydrogen-bond donors (Lipinski definition) is 4. The van der Waals surface area contributed by atoms with Crippen molar-refractivity contribution in [2.24, 2.45) is 11.8 Å². The van der Waals surface area contributed by atoms with E-state index in [1.807, 2.05) is 37.3 Å². The molecular formula is C37H51N4O9P. The van der Waals surface area contributed by atoms with Gasteiger partial charge in [0.15, 0.2) is 5.76 Å². The lowest BCUT2D eigenvalue weighted by atomic mass is 9.84. The second-order valence-electron chi connectivity index (χ2n) is 11.9. The van der Waals surface area contributed by atoms with Gasteiger partial charge < -0.3 is 29.4 Å². The average molecular weight is 727 g/mol. The molecule has 2 atom stereocenters. The van der Waals surface area contributed by atoms with E-state index < -0.39 is 31.2 Å². The summed E-state index contributed by atoms with van der Waals surface area (Å²) in [5.74, 6) is -2.47. The van der Waals surface area contributed by atoms with Crippen LogP contribution < -0.4 is 21.4 Å². The molecule has 0 aliphatic rings. The Balaban J connectivity index is 1.57. The molecule has 3 rings (SSSR count). The summed E-state index contributed by atoms with van der Waals surface area (Å²) >= 11 is 0. The first kappa shape index (κ1) is 41.1. The Hall–Kier alpha value is -4.29. The minimum absolute atomic E-state index is 0.0298. The van der Waals surface area contributed by atoms with Crippen LogP contribution in [0.2, 0.25) is 0 Å². The molecule has 0 fully saturated rings. The molecule has 0 saturated carbocycles. The summed E-state index contributed by atoms with van der Waals surface area (Å²) in [6.07, 6.45) is 3.35. The van der Waals surface area contributed by atoms with E-state index in [1.54, 1.807) is 45.0 Å². The highest BCUT2D eigenvalue weighted by atomic mass is 31.2. The number of aryl methyl sites for hydroxylation is 1. The molecule has 0 saturated heterocycles. The molecular weight excluding hydrogens is 675 g/mol. The van der Waals surface area contributed by atoms with Crippen molar-refractivity contribution < 1.29 is 42.0 Å². The standard InChI is InChI=1S/C37H51N4O9P/c1-6-10-12-17-31(29(7-2)36(44)41-47-23-27-15-13-11-14-16-27)35(43)38-24-39-37(45)33-21-20-32(50-33)28-18-19-30(26(5)22-28)34(42)40-25-51(46,48-8-3)49-9-4/h11,13-16,18-22,29,31H,6-10,12,17,23-25H2,1-5H3,(H,38,43)(H,39,45)(H,40,42)(H,41,44)/t29-,31-/m1/s1. The van der Waals surface area contributed by atoms with Crippen LogP contribution in [0.3, 0.4) is 0 Å². The van der Waals surface area contributed by atoms with Gasteiger partial charge in [-0.25, -0.2) is 5.48 Å². The van der Waals surface area contributed by atoms with E-state index in [0.717, 1.165) is 24.8 Å². The van der Waals surface area contributed by atoms with Gasteiger partial charge in [0, 0.05) is 17.0 Å². The molecule has 51 heavy (non-hydrogen) atoms. The Bertz CT molecular complexity index is 1620. The van der Waals surface area contributed by atoms with Crippen molar-refractivity contribution in [3.05, 3.63) is 83.1 Å². The Morgan fingerprint density at radius 3 is 2.18 bits per heavy atom. The van der Waals surface area contributed by atoms with Gasteiger partial charge in [-0.1, -0.05) is 69.5 Å². The fraction of sp³-hybridized carbons (Fsp3) is 0.459. The summed E-state index contributed by atoms with van der Waals surface area (Å²) in [6, 6.07) is 17.6. The zero-order chi connectivity index (χ0) is 37.2. The number of carbonyl (C=O) groups is 4. The van der Waals surface area contributed by atoms with E-state index in [2.05, 4.69) is 28.4 Å². The smallest absolute Gasteiger partial charge is 0.349 e. The van der Waals surface area contributed by atoms with Gasteiger partial charge in [0.2, 0.25) is 11.8 Å². The molecule has 13 nitrogen and oxygen atoms in total. The van der Waals surface area contributed by atoms with Crippen LogP contribution in [0, 0.1) is 18.8 Å². The summed E-state index contributed by atoms with van der Waals surface area (Å²) in [4.78, 5) is 57.6. The summed E-state index contributed by atoms with van der Waals surface area (Å²) in [5, 5.41) is 8.02. The number of unbranched alkanes of at least 4 members (excludes halogenated alkanes) is 2. The fourth-order valence-corrected chi connectivity index (χ4v) is 6.91. The first-order valence-corrected chi connectivity index (χ1v) is 19.2. The van der Waals surface area contributed by atoms with Crippen LogP contribution in [0.5, 0.6) is 0 Å². The van der Waals surface area contributed by atoms with Gasteiger partial charge in [-0.15, -0.1) is 0 Å². The molecule has 278 valence electrons. The van der Waals surface area contributed by atoms with Crippen LogP contribution in [0.1, 0.15) is 91.8 Å². The predicted octanol–water partition coefficient (Wildman–Crippen LogP) is 6.48. The number of amides is 4. The minimum Gasteiger partial charge on any atom is -0.451 e. The first-order chi connectivity index (χ1) is 24.5. The monoisotopic (exact) mass is 726 g/mol. The lowest BCUT2D eigenvalue weighted by Gasteiger charge is -2.24. The Labute approximate surface area is 300 Å². The SMILES string of the molecule is CCCCC[C@@H](C(=O)NCNC(=O)c1ccc(-c2ccc(C(=O)NCP(=O)(OCC)OCC)c(C)c2)o1)[C@@H](CC)C(=O)NOCc1ccccc1. The quantitative estimate of drug-likeness (QED) is 0.0391. The Morgan fingerprint density at radius 2 is 1.53 bits per heavy atom. The highest BCUT2D eigenvalue weighted by Crippen LogP contribution is 2.46. The second kappa shape index (κ2) is 21.2. The van der Waals surface area contributed by atoms with Crippen LogP contribution in [-0.2, 0) is 34.6 Å². The number of nitrogens with one attached hydrogen (secondary N) is 4. The highest BCUT2D eigenvalue weighted by Gasteiger charge is 2.32. The lowest BCUT2D eigenvalue weighted by molar-refractivity contribution is -0.144. The highest BCUT2D eigenvalue weighted by molar-refractivity contribution is 7.53. The number of hydrogen-bond acceptors (Lipinski definition) is 9. The van der Waals surface area contributed by atoms with Crippen LogP contribution in [0.15, 0.2) is 65.1 Å². The second-order valence-corrected chi connectivity index (χ2v) is 13.9. The van der Waals surface area contributed by atoms with Gasteiger partial charge in [-0.2, -0.15) is 0 Å². The van der Waals surface area contributed by atoms with E-state index in [-0.39, 0.29) is 50.3 Å². The van der Waals surface area contributed by atoms with Gasteiger partial charge in [0.1, 0.15) is 12.0 Å². The predicted molar refractivity (Wildman–Crippen MR) is 193 cm³/mol. The maximum absolute atomic E-state index is 13.3. The fourth-order valence-electron chi connectivity index (χ4n) is 5.52. The zero-order valence-corrected chi connectivity index (χ0v) is 31.0. The number of carbonyl (C=O) groups excluding carboxylic acids is 4. The number of furan rings is 1. The Kier molecular flexibility index (Phi) is 17.1. The third kappa shape index (κ3) is 12.8. The number of hydroxylamine groups is 1. The molecule has 0 unspecified atom stereocenters. The van der Waals surface area contributed by atoms with Crippen LogP contribution in [-0.4, -0.2) is 49.8 Å². The largest absolute Gasteiger partial charge is 0.451 e. The summed E-state index contributed by atoms with van der Waals surface area (Å²) in [6.45, 7) is 9.47. The van der Waals surface area contributed by atoms with E-state index in [4.69, 9.17) is 18.3 Å². The summed E-state index contributed by atoms with van der Waals surface area (Å²) < 4.78 is 29.0. The van der Waals surface area contributed by atoms with E-state index in [0.29, 0.717) is 35.3 Å².